The van der Waals surface area contributed by atoms with Crippen LogP contribution in [0.5, 0.6) is 0 Å². The minimum absolute atomic E-state index is 0.0589. The van der Waals surface area contributed by atoms with Crippen molar-refractivity contribution < 1.29 is 17.9 Å². The zero-order chi connectivity index (χ0) is 13.6. The van der Waals surface area contributed by atoms with E-state index in [4.69, 9.17) is 0 Å². The number of aryl methyl sites for hydroxylation is 1. The molecule has 1 rings (SSSR count). The summed E-state index contributed by atoms with van der Waals surface area (Å²) in [5, 5.41) is -0.701. The van der Waals surface area contributed by atoms with Crippen LogP contribution in [-0.4, -0.2) is 42.1 Å². The highest BCUT2D eigenvalue weighted by Crippen LogP contribution is 2.09. The summed E-state index contributed by atoms with van der Waals surface area (Å²) in [5.41, 5.74) is 0. The number of rotatable bonds is 7. The zero-order valence-electron chi connectivity index (χ0n) is 10.6. The first kappa shape index (κ1) is 14.7. The van der Waals surface area contributed by atoms with Gasteiger partial charge < -0.3 is 9.30 Å². The Morgan fingerprint density at radius 2 is 2.22 bits per heavy atom. The first-order valence-electron chi connectivity index (χ1n) is 5.70. The van der Waals surface area contributed by atoms with E-state index in [-0.39, 0.29) is 12.2 Å². The van der Waals surface area contributed by atoms with Crippen LogP contribution in [0.15, 0.2) is 18.7 Å². The second-order valence-electron chi connectivity index (χ2n) is 4.11. The van der Waals surface area contributed by atoms with E-state index in [9.17, 15) is 13.2 Å². The molecule has 18 heavy (non-hydrogen) atoms. The van der Waals surface area contributed by atoms with Gasteiger partial charge in [-0.05, 0) is 13.3 Å². The van der Waals surface area contributed by atoms with Crippen LogP contribution >= 0.6 is 0 Å². The van der Waals surface area contributed by atoms with Gasteiger partial charge in [0.1, 0.15) is 0 Å². The molecule has 0 saturated carbocycles. The normalized spacial score (nSPS) is 13.2. The lowest BCUT2D eigenvalue weighted by Crippen LogP contribution is -2.25. The lowest BCUT2D eigenvalue weighted by molar-refractivity contribution is -0.140. The van der Waals surface area contributed by atoms with Crippen molar-refractivity contribution in [3.8, 4) is 0 Å². The van der Waals surface area contributed by atoms with E-state index in [1.54, 1.807) is 18.7 Å². The van der Waals surface area contributed by atoms with Crippen molar-refractivity contribution in [2.45, 2.75) is 31.6 Å². The quantitative estimate of drug-likeness (QED) is 0.682. The molecule has 0 amide bonds. The number of carbonyl (C=O) groups is 1. The van der Waals surface area contributed by atoms with Crippen LogP contribution in [0.4, 0.5) is 0 Å². The molecule has 1 aromatic heterocycles. The second-order valence-corrected chi connectivity index (χ2v) is 6.65. The Morgan fingerprint density at radius 1 is 1.50 bits per heavy atom. The van der Waals surface area contributed by atoms with Crippen LogP contribution in [0.1, 0.15) is 19.8 Å². The van der Waals surface area contributed by atoms with Crippen molar-refractivity contribution in [1.82, 2.24) is 9.55 Å². The monoisotopic (exact) mass is 274 g/mol. The molecule has 0 aliphatic rings. The molecule has 7 heteroatoms. The lowest BCUT2D eigenvalue weighted by atomic mass is 10.3. The Balaban J connectivity index is 2.41. The molecule has 1 heterocycles. The molecule has 0 aliphatic carbocycles. The maximum atomic E-state index is 11.9. The van der Waals surface area contributed by atoms with Gasteiger partial charge in [0.15, 0.2) is 9.84 Å². The minimum Gasteiger partial charge on any atom is -0.469 e. The summed E-state index contributed by atoms with van der Waals surface area (Å²) >= 11 is 0. The molecule has 0 N–H and O–H groups in total. The van der Waals surface area contributed by atoms with Crippen LogP contribution in [0.25, 0.3) is 0 Å². The van der Waals surface area contributed by atoms with Crippen LogP contribution < -0.4 is 0 Å². The first-order chi connectivity index (χ1) is 8.45. The molecule has 0 fully saturated rings. The average molecular weight is 274 g/mol. The molecule has 0 saturated heterocycles. The Bertz CT molecular complexity index is 467. The summed E-state index contributed by atoms with van der Waals surface area (Å²) in [6, 6.07) is 0. The molecular formula is C11H18N2O4S. The van der Waals surface area contributed by atoms with Gasteiger partial charge in [-0.1, -0.05) is 0 Å². The number of ether oxygens (including phenoxy) is 1. The van der Waals surface area contributed by atoms with E-state index in [0.29, 0.717) is 13.0 Å². The summed E-state index contributed by atoms with van der Waals surface area (Å²) in [7, 11) is -2.00. The van der Waals surface area contributed by atoms with Crippen molar-refractivity contribution in [2.75, 3.05) is 12.9 Å². The standard InChI is InChI=1S/C11H18N2O4S/c1-10(8-11(14)17-2)18(15,16)7-3-5-13-6-4-12-9-13/h4,6,9-10H,3,5,7-8H2,1-2H3. The fraction of sp³-hybridized carbons (Fsp3) is 0.636. The van der Waals surface area contributed by atoms with Gasteiger partial charge in [0, 0.05) is 18.9 Å². The molecule has 0 radical (unpaired) electrons. The van der Waals surface area contributed by atoms with E-state index in [2.05, 4.69) is 9.72 Å². The Kier molecular flexibility index (Phi) is 5.33. The van der Waals surface area contributed by atoms with Crippen LogP contribution in [-0.2, 0) is 25.9 Å². The van der Waals surface area contributed by atoms with Crippen molar-refractivity contribution in [3.63, 3.8) is 0 Å². The molecule has 6 nitrogen and oxygen atoms in total. The number of esters is 1. The number of sulfone groups is 1. The van der Waals surface area contributed by atoms with Gasteiger partial charge in [-0.25, -0.2) is 13.4 Å². The molecule has 1 aromatic rings. The van der Waals surface area contributed by atoms with E-state index in [0.717, 1.165) is 0 Å². The van der Waals surface area contributed by atoms with E-state index in [1.807, 2.05) is 4.57 Å². The van der Waals surface area contributed by atoms with Gasteiger partial charge in [0.25, 0.3) is 0 Å². The molecule has 0 aromatic carbocycles. The van der Waals surface area contributed by atoms with Crippen molar-refractivity contribution in [3.05, 3.63) is 18.7 Å². The average Bonchev–Trinajstić information content (AvgIpc) is 2.81. The lowest BCUT2D eigenvalue weighted by Gasteiger charge is -2.11. The van der Waals surface area contributed by atoms with E-state index >= 15 is 0 Å². The molecular weight excluding hydrogens is 256 g/mol. The maximum absolute atomic E-state index is 11.9. The number of imidazole rings is 1. The highest BCUT2D eigenvalue weighted by atomic mass is 32.2. The van der Waals surface area contributed by atoms with Crippen molar-refractivity contribution >= 4 is 15.8 Å². The van der Waals surface area contributed by atoms with Gasteiger partial charge in [-0.15, -0.1) is 0 Å². The van der Waals surface area contributed by atoms with Crippen LogP contribution in [0.2, 0.25) is 0 Å². The number of methoxy groups -OCH3 is 1. The minimum atomic E-state index is -3.25. The summed E-state index contributed by atoms with van der Waals surface area (Å²) in [6.45, 7) is 2.13. The number of nitrogens with zero attached hydrogens (tertiary/aromatic N) is 2. The summed E-state index contributed by atoms with van der Waals surface area (Å²) < 4.78 is 30.0. The van der Waals surface area contributed by atoms with Gasteiger partial charge in [-0.2, -0.15) is 0 Å². The Hall–Kier alpha value is -1.37. The highest BCUT2D eigenvalue weighted by Gasteiger charge is 2.23. The Labute approximate surface area is 107 Å². The van der Waals surface area contributed by atoms with E-state index in [1.165, 1.54) is 14.0 Å². The number of carbonyl (C=O) groups excluding carboxylic acids is 1. The molecule has 0 bridgehead atoms. The molecule has 0 spiro atoms. The number of hydrogen-bond donors (Lipinski definition) is 0. The predicted molar refractivity (Wildman–Crippen MR) is 66.7 cm³/mol. The highest BCUT2D eigenvalue weighted by molar-refractivity contribution is 7.92. The third-order valence-corrected chi connectivity index (χ3v) is 4.95. The van der Waals surface area contributed by atoms with Gasteiger partial charge in [0.2, 0.25) is 0 Å². The molecule has 1 unspecified atom stereocenters. The first-order valence-corrected chi connectivity index (χ1v) is 7.41. The Morgan fingerprint density at radius 3 is 2.78 bits per heavy atom. The SMILES string of the molecule is COC(=O)CC(C)S(=O)(=O)CCCn1ccnc1. The number of hydrogen-bond acceptors (Lipinski definition) is 5. The fourth-order valence-electron chi connectivity index (χ4n) is 1.51. The topological polar surface area (TPSA) is 78.3 Å². The van der Waals surface area contributed by atoms with Crippen LogP contribution in [0.3, 0.4) is 0 Å². The summed E-state index contributed by atoms with van der Waals surface area (Å²) in [5.74, 6) is -0.440. The molecule has 102 valence electrons. The zero-order valence-corrected chi connectivity index (χ0v) is 11.4. The van der Waals surface area contributed by atoms with Crippen molar-refractivity contribution in [1.29, 1.82) is 0 Å². The predicted octanol–water partition coefficient (Wildman–Crippen LogP) is 0.640. The van der Waals surface area contributed by atoms with Gasteiger partial charge in [0.05, 0.1) is 30.9 Å². The molecule has 0 aliphatic heterocycles. The third-order valence-electron chi connectivity index (χ3n) is 2.70. The largest absolute Gasteiger partial charge is 0.469 e. The second kappa shape index (κ2) is 6.53. The summed E-state index contributed by atoms with van der Waals surface area (Å²) in [6.07, 6.45) is 5.48. The van der Waals surface area contributed by atoms with E-state index < -0.39 is 21.1 Å². The van der Waals surface area contributed by atoms with Gasteiger partial charge >= 0.3 is 5.97 Å². The molecule has 1 atom stereocenters. The third kappa shape index (κ3) is 4.48. The fourth-order valence-corrected chi connectivity index (χ4v) is 2.84. The summed E-state index contributed by atoms with van der Waals surface area (Å²) in [4.78, 5) is 14.9. The smallest absolute Gasteiger partial charge is 0.306 e. The van der Waals surface area contributed by atoms with Crippen LogP contribution in [0, 0.1) is 0 Å². The number of aromatic nitrogens is 2. The maximum Gasteiger partial charge on any atom is 0.306 e. The van der Waals surface area contributed by atoms with Crippen molar-refractivity contribution in [2.24, 2.45) is 0 Å². The van der Waals surface area contributed by atoms with Gasteiger partial charge in [-0.3, -0.25) is 4.79 Å².